The molecule has 0 spiro atoms. The largest absolute Gasteiger partial charge is 0.480 e. The summed E-state index contributed by atoms with van der Waals surface area (Å²) in [6.07, 6.45) is -1.00. The van der Waals surface area contributed by atoms with Crippen molar-refractivity contribution in [2.45, 2.75) is 49.9 Å². The Kier molecular flexibility index (Phi) is 11.8. The summed E-state index contributed by atoms with van der Waals surface area (Å²) < 4.78 is 0. The monoisotopic (exact) mass is 494 g/mol. The van der Waals surface area contributed by atoms with E-state index in [0.717, 1.165) is 0 Å². The van der Waals surface area contributed by atoms with Crippen LogP contribution in [0.25, 0.3) is 0 Å². The third-order valence-electron chi connectivity index (χ3n) is 4.79. The number of aliphatic hydroxyl groups is 1. The molecule has 35 heavy (non-hydrogen) atoms. The molecule has 0 aliphatic heterocycles. The van der Waals surface area contributed by atoms with E-state index in [4.69, 9.17) is 22.3 Å². The summed E-state index contributed by atoms with van der Waals surface area (Å²) in [7, 11) is 0. The maximum absolute atomic E-state index is 12.9. The number of amides is 5. The lowest BCUT2D eigenvalue weighted by Gasteiger charge is -2.24. The molecule has 0 saturated carbocycles. The van der Waals surface area contributed by atoms with Gasteiger partial charge in [0.1, 0.15) is 18.1 Å². The minimum Gasteiger partial charge on any atom is -0.480 e. The molecule has 0 heterocycles. The highest BCUT2D eigenvalue weighted by Gasteiger charge is 2.31. The van der Waals surface area contributed by atoms with Crippen LogP contribution >= 0.6 is 0 Å². The molecule has 0 aromatic heterocycles. The zero-order valence-electron chi connectivity index (χ0n) is 18.8. The van der Waals surface area contributed by atoms with Crippen LogP contribution in [0.1, 0.15) is 24.8 Å². The van der Waals surface area contributed by atoms with E-state index in [1.54, 1.807) is 30.3 Å². The van der Waals surface area contributed by atoms with Crippen molar-refractivity contribution >= 4 is 35.5 Å². The van der Waals surface area contributed by atoms with Crippen molar-refractivity contribution in [2.75, 3.05) is 6.61 Å². The molecule has 0 bridgehead atoms. The van der Waals surface area contributed by atoms with Crippen molar-refractivity contribution in [3.63, 3.8) is 0 Å². The zero-order valence-corrected chi connectivity index (χ0v) is 18.8. The van der Waals surface area contributed by atoms with Crippen LogP contribution in [0.15, 0.2) is 30.3 Å². The number of primary amides is 2. The Hall–Kier alpha value is -4.04. The number of carboxylic acid groups (broad SMARTS) is 1. The lowest BCUT2D eigenvalue weighted by Crippen LogP contribution is -2.58. The number of benzene rings is 1. The molecule has 14 nitrogen and oxygen atoms in total. The highest BCUT2D eigenvalue weighted by atomic mass is 16.4. The quantitative estimate of drug-likeness (QED) is 0.119. The van der Waals surface area contributed by atoms with Gasteiger partial charge in [0.2, 0.25) is 29.5 Å². The van der Waals surface area contributed by atoms with E-state index in [1.807, 2.05) is 0 Å². The second kappa shape index (κ2) is 14.3. The lowest BCUT2D eigenvalue weighted by molar-refractivity contribution is -0.143. The van der Waals surface area contributed by atoms with Crippen molar-refractivity contribution in [3.8, 4) is 0 Å². The van der Waals surface area contributed by atoms with E-state index in [0.29, 0.717) is 5.56 Å². The van der Waals surface area contributed by atoms with Crippen molar-refractivity contribution in [1.82, 2.24) is 16.0 Å². The lowest BCUT2D eigenvalue weighted by atomic mass is 10.0. The van der Waals surface area contributed by atoms with Crippen molar-refractivity contribution in [3.05, 3.63) is 35.9 Å². The fourth-order valence-electron chi connectivity index (χ4n) is 2.91. The molecule has 1 aromatic rings. The first kappa shape index (κ1) is 29.0. The Bertz CT molecular complexity index is 926. The van der Waals surface area contributed by atoms with Gasteiger partial charge < -0.3 is 43.4 Å². The van der Waals surface area contributed by atoms with Crippen molar-refractivity contribution < 1.29 is 39.0 Å². The molecule has 192 valence electrons. The Morgan fingerprint density at radius 2 is 1.34 bits per heavy atom. The number of aliphatic hydroxyl groups excluding tert-OH is 1. The normalized spacial score (nSPS) is 14.0. The van der Waals surface area contributed by atoms with Crippen LogP contribution in [0.5, 0.6) is 0 Å². The Morgan fingerprint density at radius 1 is 0.800 bits per heavy atom. The summed E-state index contributed by atoms with van der Waals surface area (Å²) in [5.74, 6) is -5.86. The average Bonchev–Trinajstić information content (AvgIpc) is 2.79. The zero-order chi connectivity index (χ0) is 26.5. The fourth-order valence-corrected chi connectivity index (χ4v) is 2.91. The van der Waals surface area contributed by atoms with Crippen LogP contribution < -0.4 is 33.2 Å². The van der Waals surface area contributed by atoms with Gasteiger partial charge in [0.05, 0.1) is 19.1 Å². The summed E-state index contributed by atoms with van der Waals surface area (Å²) >= 11 is 0. The van der Waals surface area contributed by atoms with Crippen LogP contribution in [0.2, 0.25) is 0 Å². The molecule has 14 heteroatoms. The highest BCUT2D eigenvalue weighted by molar-refractivity contribution is 5.96. The van der Waals surface area contributed by atoms with Gasteiger partial charge in [-0.15, -0.1) is 0 Å². The number of carbonyl (C=O) groups is 6. The number of rotatable bonds is 15. The van der Waals surface area contributed by atoms with Gasteiger partial charge in [-0.2, -0.15) is 0 Å². The number of nitrogens with two attached hydrogens (primary N) is 3. The van der Waals surface area contributed by atoms with Gasteiger partial charge in [0, 0.05) is 12.8 Å². The van der Waals surface area contributed by atoms with E-state index >= 15 is 0 Å². The van der Waals surface area contributed by atoms with Crippen LogP contribution in [-0.4, -0.2) is 76.5 Å². The van der Waals surface area contributed by atoms with Gasteiger partial charge in [-0.1, -0.05) is 30.3 Å². The molecule has 11 N–H and O–H groups in total. The van der Waals surface area contributed by atoms with Crippen LogP contribution in [0, 0.1) is 0 Å². The second-order valence-corrected chi connectivity index (χ2v) is 7.68. The van der Waals surface area contributed by atoms with E-state index < -0.39 is 72.7 Å². The van der Waals surface area contributed by atoms with Gasteiger partial charge in [0.15, 0.2) is 0 Å². The van der Waals surface area contributed by atoms with Crippen LogP contribution in [0.3, 0.4) is 0 Å². The van der Waals surface area contributed by atoms with Gasteiger partial charge in [-0.05, 0) is 12.0 Å². The molecule has 0 saturated heterocycles. The van der Waals surface area contributed by atoms with Crippen molar-refractivity contribution in [1.29, 1.82) is 0 Å². The van der Waals surface area contributed by atoms with Crippen molar-refractivity contribution in [2.24, 2.45) is 17.2 Å². The summed E-state index contributed by atoms with van der Waals surface area (Å²) in [5.41, 5.74) is 16.5. The maximum Gasteiger partial charge on any atom is 0.328 e. The van der Waals surface area contributed by atoms with Gasteiger partial charge in [-0.3, -0.25) is 24.0 Å². The highest BCUT2D eigenvalue weighted by Crippen LogP contribution is 2.06. The maximum atomic E-state index is 12.9. The minimum absolute atomic E-state index is 0.0778. The molecule has 4 atom stereocenters. The molecule has 1 rings (SSSR count). The summed E-state index contributed by atoms with van der Waals surface area (Å²) in [6.45, 7) is -0.892. The Morgan fingerprint density at radius 3 is 1.86 bits per heavy atom. The van der Waals surface area contributed by atoms with Gasteiger partial charge >= 0.3 is 5.97 Å². The topological polar surface area (TPSA) is 257 Å². The standard InChI is InChI=1S/C21H30N6O8/c22-12(6-7-16(23)29)18(31)25-14(9-17(24)30)20(33)26-13(8-11-4-2-1-3-5-11)19(32)27-15(10-28)21(34)35/h1-5,12-15,28H,6-10,22H2,(H2,23,29)(H2,24,30)(H,25,31)(H,26,33)(H,27,32)(H,34,35). The van der Waals surface area contributed by atoms with E-state index in [2.05, 4.69) is 16.0 Å². The molecule has 4 unspecified atom stereocenters. The predicted molar refractivity (Wildman–Crippen MR) is 121 cm³/mol. The van der Waals surface area contributed by atoms with Crippen LogP contribution in [0.4, 0.5) is 0 Å². The SMILES string of the molecule is NC(=O)CCC(N)C(=O)NC(CC(N)=O)C(=O)NC(Cc1ccccc1)C(=O)NC(CO)C(=O)O. The molecule has 5 amide bonds. The molecule has 0 fully saturated rings. The predicted octanol–water partition coefficient (Wildman–Crippen LogP) is -3.77. The molecule has 0 radical (unpaired) electrons. The molecular weight excluding hydrogens is 464 g/mol. The minimum atomic E-state index is -1.62. The Balaban J connectivity index is 3.06. The summed E-state index contributed by atoms with van der Waals surface area (Å²) in [5, 5.41) is 25.0. The second-order valence-electron chi connectivity index (χ2n) is 7.68. The van der Waals surface area contributed by atoms with Gasteiger partial charge in [-0.25, -0.2) is 4.79 Å². The number of aliphatic carboxylic acids is 1. The fraction of sp³-hybridized carbons (Fsp3) is 0.429. The third kappa shape index (κ3) is 10.6. The first-order valence-corrected chi connectivity index (χ1v) is 10.6. The average molecular weight is 495 g/mol. The first-order chi connectivity index (χ1) is 16.4. The molecular formula is C21H30N6O8. The number of hydrogen-bond acceptors (Lipinski definition) is 8. The number of nitrogens with one attached hydrogen (secondary N) is 3. The number of carbonyl (C=O) groups excluding carboxylic acids is 5. The Labute approximate surface area is 200 Å². The number of carboxylic acids is 1. The van der Waals surface area contributed by atoms with Crippen LogP contribution in [-0.2, 0) is 35.2 Å². The first-order valence-electron chi connectivity index (χ1n) is 10.6. The van der Waals surface area contributed by atoms with E-state index in [1.165, 1.54) is 0 Å². The molecule has 1 aromatic carbocycles. The third-order valence-corrected chi connectivity index (χ3v) is 4.79. The van der Waals surface area contributed by atoms with Gasteiger partial charge in [0.25, 0.3) is 0 Å². The molecule has 0 aliphatic rings. The molecule has 0 aliphatic carbocycles. The smallest absolute Gasteiger partial charge is 0.328 e. The number of hydrogen-bond donors (Lipinski definition) is 8. The van der Waals surface area contributed by atoms with E-state index in [-0.39, 0.29) is 19.3 Å². The summed E-state index contributed by atoms with van der Waals surface area (Å²) in [4.78, 5) is 71.5. The summed E-state index contributed by atoms with van der Waals surface area (Å²) in [6, 6.07) is 2.72. The van der Waals surface area contributed by atoms with E-state index in [9.17, 15) is 33.9 Å².